The van der Waals surface area contributed by atoms with Gasteiger partial charge in [0.2, 0.25) is 9.05 Å². The van der Waals surface area contributed by atoms with E-state index in [0.717, 1.165) is 10.0 Å². The minimum absolute atomic E-state index is 0.0486. The molecule has 0 saturated carbocycles. The van der Waals surface area contributed by atoms with Gasteiger partial charge >= 0.3 is 0 Å². The smallest absolute Gasteiger partial charge is 0.233 e. The van der Waals surface area contributed by atoms with E-state index < -0.39 is 14.5 Å². The van der Waals surface area contributed by atoms with E-state index in [1.54, 1.807) is 0 Å². The Morgan fingerprint density at radius 3 is 2.45 bits per heavy atom. The molecule has 0 N–H and O–H groups in total. The standard InChI is InChI=1S/C14H20BrClO3S/c1-3-14(4-2,11-20(16,17)18)10-19-9-12-6-5-7-13(15)8-12/h5-8H,3-4,9-11H2,1-2H3. The first-order valence-corrected chi connectivity index (χ1v) is 9.82. The molecule has 20 heavy (non-hydrogen) atoms. The molecule has 0 radical (unpaired) electrons. The van der Waals surface area contributed by atoms with Crippen molar-refractivity contribution < 1.29 is 13.2 Å². The molecule has 0 heterocycles. The fraction of sp³-hybridized carbons (Fsp3) is 0.571. The molecule has 0 aliphatic heterocycles. The molecular weight excluding hydrogens is 364 g/mol. The topological polar surface area (TPSA) is 43.4 Å². The van der Waals surface area contributed by atoms with Gasteiger partial charge in [-0.25, -0.2) is 8.42 Å². The summed E-state index contributed by atoms with van der Waals surface area (Å²) in [6.07, 6.45) is 1.43. The van der Waals surface area contributed by atoms with Crippen LogP contribution >= 0.6 is 26.6 Å². The fourth-order valence-corrected chi connectivity index (χ4v) is 4.44. The lowest BCUT2D eigenvalue weighted by molar-refractivity contribution is 0.0399. The van der Waals surface area contributed by atoms with Crippen LogP contribution in [0.2, 0.25) is 0 Å². The Bertz CT molecular complexity index is 527. The molecule has 0 aliphatic carbocycles. The molecule has 0 spiro atoms. The summed E-state index contributed by atoms with van der Waals surface area (Å²) in [4.78, 5) is 0. The summed E-state index contributed by atoms with van der Waals surface area (Å²) in [5.74, 6) is -0.0486. The Morgan fingerprint density at radius 2 is 1.95 bits per heavy atom. The van der Waals surface area contributed by atoms with E-state index in [4.69, 9.17) is 15.4 Å². The maximum atomic E-state index is 11.3. The molecule has 0 fully saturated rings. The van der Waals surface area contributed by atoms with Gasteiger partial charge in [-0.1, -0.05) is 41.9 Å². The van der Waals surface area contributed by atoms with Crippen LogP contribution < -0.4 is 0 Å². The van der Waals surface area contributed by atoms with Gasteiger partial charge in [0.15, 0.2) is 0 Å². The maximum absolute atomic E-state index is 11.3. The molecule has 0 amide bonds. The van der Waals surface area contributed by atoms with Crippen molar-refractivity contribution in [3.63, 3.8) is 0 Å². The zero-order valence-corrected chi connectivity index (χ0v) is 14.9. The first-order valence-electron chi connectivity index (χ1n) is 6.55. The predicted octanol–water partition coefficient (Wildman–Crippen LogP) is 4.34. The second-order valence-electron chi connectivity index (χ2n) is 5.01. The lowest BCUT2D eigenvalue weighted by Crippen LogP contribution is -2.32. The predicted molar refractivity (Wildman–Crippen MR) is 86.5 cm³/mol. The van der Waals surface area contributed by atoms with Crippen LogP contribution in [0, 0.1) is 5.41 Å². The van der Waals surface area contributed by atoms with Crippen LogP contribution in [0.15, 0.2) is 28.7 Å². The summed E-state index contributed by atoms with van der Waals surface area (Å²) in [7, 11) is 1.88. The van der Waals surface area contributed by atoms with Crippen LogP contribution in [0.3, 0.4) is 0 Å². The van der Waals surface area contributed by atoms with Gasteiger partial charge in [0.1, 0.15) is 0 Å². The Labute approximate surface area is 134 Å². The van der Waals surface area contributed by atoms with Crippen molar-refractivity contribution in [2.45, 2.75) is 33.3 Å². The molecule has 0 atom stereocenters. The second kappa shape index (κ2) is 7.78. The van der Waals surface area contributed by atoms with E-state index >= 15 is 0 Å². The van der Waals surface area contributed by atoms with E-state index in [1.807, 2.05) is 38.1 Å². The van der Waals surface area contributed by atoms with Crippen LogP contribution in [0.1, 0.15) is 32.3 Å². The largest absolute Gasteiger partial charge is 0.376 e. The SMILES string of the molecule is CCC(CC)(COCc1cccc(Br)c1)CS(=O)(=O)Cl. The van der Waals surface area contributed by atoms with E-state index in [2.05, 4.69) is 15.9 Å². The molecule has 1 aromatic carbocycles. The third kappa shape index (κ3) is 6.12. The van der Waals surface area contributed by atoms with Gasteiger partial charge in [0, 0.05) is 20.6 Å². The van der Waals surface area contributed by atoms with Crippen molar-refractivity contribution in [2.75, 3.05) is 12.4 Å². The van der Waals surface area contributed by atoms with Crippen LogP contribution in [0.4, 0.5) is 0 Å². The Kier molecular flexibility index (Phi) is 6.98. The molecule has 1 rings (SSSR count). The fourth-order valence-electron chi connectivity index (χ4n) is 2.08. The first-order chi connectivity index (χ1) is 9.30. The molecule has 0 aromatic heterocycles. The number of ether oxygens (including phenoxy) is 1. The Morgan fingerprint density at radius 1 is 1.30 bits per heavy atom. The van der Waals surface area contributed by atoms with Crippen LogP contribution in [-0.2, 0) is 20.4 Å². The average molecular weight is 384 g/mol. The van der Waals surface area contributed by atoms with Crippen LogP contribution in [-0.4, -0.2) is 20.8 Å². The quantitative estimate of drug-likeness (QED) is 0.627. The van der Waals surface area contributed by atoms with Gasteiger partial charge in [-0.05, 0) is 30.5 Å². The number of benzene rings is 1. The molecule has 6 heteroatoms. The molecule has 0 aliphatic rings. The van der Waals surface area contributed by atoms with Gasteiger partial charge in [0.25, 0.3) is 0 Å². The van der Waals surface area contributed by atoms with Gasteiger partial charge in [-0.2, -0.15) is 0 Å². The first kappa shape index (κ1) is 18.0. The van der Waals surface area contributed by atoms with E-state index in [9.17, 15) is 8.42 Å². The van der Waals surface area contributed by atoms with Crippen LogP contribution in [0.5, 0.6) is 0 Å². The average Bonchev–Trinajstić information content (AvgIpc) is 2.36. The minimum atomic E-state index is -3.52. The monoisotopic (exact) mass is 382 g/mol. The second-order valence-corrected chi connectivity index (χ2v) is 8.71. The molecule has 0 unspecified atom stereocenters. The molecular formula is C14H20BrClO3S. The summed E-state index contributed by atoms with van der Waals surface area (Å²) < 4.78 is 29.4. The molecule has 0 bridgehead atoms. The molecule has 114 valence electrons. The van der Waals surface area contributed by atoms with Gasteiger partial charge in [-0.15, -0.1) is 0 Å². The van der Waals surface area contributed by atoms with Gasteiger partial charge < -0.3 is 4.74 Å². The minimum Gasteiger partial charge on any atom is -0.376 e. The number of rotatable bonds is 8. The summed E-state index contributed by atoms with van der Waals surface area (Å²) in [6.45, 7) is 4.78. The van der Waals surface area contributed by atoms with Crippen molar-refractivity contribution in [2.24, 2.45) is 5.41 Å². The van der Waals surface area contributed by atoms with E-state index in [0.29, 0.717) is 26.1 Å². The summed E-state index contributed by atoms with van der Waals surface area (Å²) >= 11 is 3.41. The summed E-state index contributed by atoms with van der Waals surface area (Å²) in [5.41, 5.74) is 0.640. The van der Waals surface area contributed by atoms with Crippen molar-refractivity contribution in [1.29, 1.82) is 0 Å². The zero-order chi connectivity index (χ0) is 15.2. The Balaban J connectivity index is 2.63. The van der Waals surface area contributed by atoms with Crippen molar-refractivity contribution >= 4 is 35.7 Å². The number of hydrogen-bond donors (Lipinski definition) is 0. The molecule has 1 aromatic rings. The number of hydrogen-bond acceptors (Lipinski definition) is 3. The molecule has 0 saturated heterocycles. The van der Waals surface area contributed by atoms with Gasteiger partial charge in [-0.3, -0.25) is 0 Å². The number of halogens is 2. The summed E-state index contributed by atoms with van der Waals surface area (Å²) in [5, 5.41) is 0. The Hall–Kier alpha value is -0.100. The summed E-state index contributed by atoms with van der Waals surface area (Å²) in [6, 6.07) is 7.85. The van der Waals surface area contributed by atoms with Crippen LogP contribution in [0.25, 0.3) is 0 Å². The lowest BCUT2D eigenvalue weighted by Gasteiger charge is -2.30. The van der Waals surface area contributed by atoms with Crippen molar-refractivity contribution in [1.82, 2.24) is 0 Å². The van der Waals surface area contributed by atoms with E-state index in [-0.39, 0.29) is 5.75 Å². The maximum Gasteiger partial charge on any atom is 0.233 e. The third-order valence-corrected chi connectivity index (χ3v) is 5.32. The van der Waals surface area contributed by atoms with Gasteiger partial charge in [0.05, 0.1) is 19.0 Å². The highest BCUT2D eigenvalue weighted by atomic mass is 79.9. The third-order valence-electron chi connectivity index (χ3n) is 3.54. The highest BCUT2D eigenvalue weighted by Crippen LogP contribution is 2.30. The normalized spacial score (nSPS) is 12.6. The zero-order valence-electron chi connectivity index (χ0n) is 11.7. The highest BCUT2D eigenvalue weighted by molar-refractivity contribution is 9.10. The lowest BCUT2D eigenvalue weighted by atomic mass is 9.85. The highest BCUT2D eigenvalue weighted by Gasteiger charge is 2.31. The van der Waals surface area contributed by atoms with E-state index in [1.165, 1.54) is 0 Å². The van der Waals surface area contributed by atoms with Crippen molar-refractivity contribution in [3.8, 4) is 0 Å². The molecule has 3 nitrogen and oxygen atoms in total. The van der Waals surface area contributed by atoms with Crippen molar-refractivity contribution in [3.05, 3.63) is 34.3 Å².